The highest BCUT2D eigenvalue weighted by atomic mass is 16.7. The Kier molecular flexibility index (Phi) is 11.0. The molecule has 1 aromatic carbocycles. The standard InChI is InChI=1S/C29H28O14/c1-7-11-35-19-9-10-20-21(13-19)41-28(34)26(36-12-8-2)23(20)43-29-27(40-18(6)33)25(39-17(5)32)24(38-16(4)31)22(42-29)14-37-15(3)30/h9-10,13,22,24-25,27,29H,14H2,1-6H3/t22-,24-,25+,27-,29+/m1/s1. The van der Waals surface area contributed by atoms with Crippen LogP contribution in [0, 0.1) is 24.1 Å². The van der Waals surface area contributed by atoms with Crippen molar-refractivity contribution in [1.82, 2.24) is 0 Å². The van der Waals surface area contributed by atoms with Crippen molar-refractivity contribution in [2.45, 2.75) is 72.2 Å². The first-order valence-corrected chi connectivity index (χ1v) is 12.7. The number of benzene rings is 1. The van der Waals surface area contributed by atoms with E-state index in [2.05, 4.69) is 24.1 Å². The molecule has 1 aliphatic heterocycles. The average molecular weight is 601 g/mol. The zero-order valence-electron chi connectivity index (χ0n) is 24.0. The molecular weight excluding hydrogens is 572 g/mol. The zero-order valence-corrected chi connectivity index (χ0v) is 24.0. The minimum absolute atomic E-state index is 0.0159. The van der Waals surface area contributed by atoms with Crippen LogP contribution in [-0.4, -0.2) is 61.2 Å². The van der Waals surface area contributed by atoms with Gasteiger partial charge in [-0.3, -0.25) is 19.2 Å². The Morgan fingerprint density at radius 3 is 2.00 bits per heavy atom. The first kappa shape index (κ1) is 32.3. The minimum Gasteiger partial charge on any atom is -0.463 e. The molecule has 14 heteroatoms. The van der Waals surface area contributed by atoms with Crippen molar-refractivity contribution < 1.29 is 61.5 Å². The lowest BCUT2D eigenvalue weighted by molar-refractivity contribution is -0.288. The van der Waals surface area contributed by atoms with Gasteiger partial charge < -0.3 is 42.3 Å². The summed E-state index contributed by atoms with van der Waals surface area (Å²) in [7, 11) is 0. The molecule has 0 bridgehead atoms. The molecule has 0 amide bonds. The number of carbonyl (C=O) groups is 4. The van der Waals surface area contributed by atoms with E-state index >= 15 is 0 Å². The molecule has 0 radical (unpaired) electrons. The van der Waals surface area contributed by atoms with Crippen LogP contribution in [0.1, 0.15) is 41.5 Å². The van der Waals surface area contributed by atoms with Crippen molar-refractivity contribution in [3.8, 4) is 41.3 Å². The quantitative estimate of drug-likeness (QED) is 0.177. The fourth-order valence-corrected chi connectivity index (χ4v) is 4.02. The average Bonchev–Trinajstić information content (AvgIpc) is 2.92. The molecule has 0 spiro atoms. The Hall–Kier alpha value is -5.21. The van der Waals surface area contributed by atoms with Gasteiger partial charge in [0.25, 0.3) is 5.75 Å². The van der Waals surface area contributed by atoms with Crippen molar-refractivity contribution in [2.24, 2.45) is 0 Å². The van der Waals surface area contributed by atoms with Gasteiger partial charge in [-0.05, 0) is 12.1 Å². The molecule has 43 heavy (non-hydrogen) atoms. The van der Waals surface area contributed by atoms with Gasteiger partial charge in [-0.15, -0.1) is 0 Å². The summed E-state index contributed by atoms with van der Waals surface area (Å²) in [6.45, 7) is 6.93. The van der Waals surface area contributed by atoms with Crippen LogP contribution in [0.5, 0.6) is 17.2 Å². The highest BCUT2D eigenvalue weighted by Crippen LogP contribution is 2.38. The van der Waals surface area contributed by atoms with Crippen LogP contribution in [0.15, 0.2) is 27.4 Å². The second kappa shape index (κ2) is 14.6. The summed E-state index contributed by atoms with van der Waals surface area (Å²) >= 11 is 0. The van der Waals surface area contributed by atoms with Crippen molar-refractivity contribution in [3.63, 3.8) is 0 Å². The highest BCUT2D eigenvalue weighted by Gasteiger charge is 2.53. The molecule has 1 aliphatic rings. The largest absolute Gasteiger partial charge is 0.463 e. The van der Waals surface area contributed by atoms with Crippen LogP contribution in [-0.2, 0) is 42.9 Å². The monoisotopic (exact) mass is 600 g/mol. The van der Waals surface area contributed by atoms with Crippen LogP contribution in [0.3, 0.4) is 0 Å². The fraction of sp³-hybridized carbons (Fsp3) is 0.414. The summed E-state index contributed by atoms with van der Waals surface area (Å²) in [4.78, 5) is 60.9. The third-order valence-electron chi connectivity index (χ3n) is 5.50. The summed E-state index contributed by atoms with van der Waals surface area (Å²) in [5.41, 5.74) is -1.02. The SMILES string of the molecule is CC#COc1ccc2c(O[C@@H]3O[C@H](COC(C)=O)[C@@H](OC(C)=O)[C@H](OC(C)=O)[C@H]3OC(C)=O)c(OC#CC)c(=O)oc2c1. The van der Waals surface area contributed by atoms with Gasteiger partial charge in [0.05, 0.1) is 5.39 Å². The Bertz CT molecular complexity index is 1570. The van der Waals surface area contributed by atoms with E-state index in [1.54, 1.807) is 6.92 Å². The second-order valence-corrected chi connectivity index (χ2v) is 8.80. The number of hydrogen-bond acceptors (Lipinski definition) is 14. The lowest BCUT2D eigenvalue weighted by atomic mass is 9.98. The Balaban J connectivity index is 2.21. The van der Waals surface area contributed by atoms with E-state index in [4.69, 9.17) is 42.3 Å². The maximum absolute atomic E-state index is 13.0. The van der Waals surface area contributed by atoms with Crippen molar-refractivity contribution in [1.29, 1.82) is 0 Å². The summed E-state index contributed by atoms with van der Waals surface area (Å²) in [5, 5.41) is 0.164. The predicted octanol–water partition coefficient (Wildman–Crippen LogP) is 1.97. The molecule has 2 aromatic rings. The first-order valence-electron chi connectivity index (χ1n) is 12.7. The van der Waals surface area contributed by atoms with E-state index < -0.39 is 72.6 Å². The van der Waals surface area contributed by atoms with Crippen molar-refractivity contribution >= 4 is 34.8 Å². The molecular formula is C29H28O14. The molecule has 1 fully saturated rings. The molecule has 14 nitrogen and oxygen atoms in total. The zero-order chi connectivity index (χ0) is 31.7. The molecule has 0 saturated carbocycles. The predicted molar refractivity (Wildman–Crippen MR) is 143 cm³/mol. The number of rotatable bonds is 9. The maximum Gasteiger partial charge on any atom is 0.384 e. The lowest BCUT2D eigenvalue weighted by Gasteiger charge is -2.43. The number of hydrogen-bond donors (Lipinski definition) is 0. The van der Waals surface area contributed by atoms with Crippen LogP contribution in [0.2, 0.25) is 0 Å². The van der Waals surface area contributed by atoms with Crippen LogP contribution in [0.25, 0.3) is 11.0 Å². The molecule has 3 rings (SSSR count). The Morgan fingerprint density at radius 2 is 1.40 bits per heavy atom. The summed E-state index contributed by atoms with van der Waals surface area (Å²) in [5.74, 6) is 1.37. The maximum atomic E-state index is 13.0. The van der Waals surface area contributed by atoms with E-state index in [0.717, 1.165) is 27.7 Å². The lowest BCUT2D eigenvalue weighted by Crippen LogP contribution is -2.63. The topological polar surface area (TPSA) is 172 Å². The van der Waals surface area contributed by atoms with Crippen molar-refractivity contribution in [3.05, 3.63) is 28.6 Å². The molecule has 2 heterocycles. The van der Waals surface area contributed by atoms with E-state index in [-0.39, 0.29) is 22.5 Å². The number of carbonyl (C=O) groups excluding carboxylic acids is 4. The highest BCUT2D eigenvalue weighted by molar-refractivity contribution is 5.87. The first-order chi connectivity index (χ1) is 20.4. The third-order valence-corrected chi connectivity index (χ3v) is 5.50. The minimum atomic E-state index is -1.66. The fourth-order valence-electron chi connectivity index (χ4n) is 4.02. The molecule has 0 unspecified atom stereocenters. The molecule has 0 N–H and O–H groups in total. The molecule has 0 aliphatic carbocycles. The van der Waals surface area contributed by atoms with E-state index in [1.165, 1.54) is 25.1 Å². The second-order valence-electron chi connectivity index (χ2n) is 8.80. The van der Waals surface area contributed by atoms with Gasteiger partial charge in [0, 0.05) is 47.6 Å². The Morgan fingerprint density at radius 1 is 0.791 bits per heavy atom. The van der Waals surface area contributed by atoms with Crippen molar-refractivity contribution in [2.75, 3.05) is 6.61 Å². The smallest absolute Gasteiger partial charge is 0.384 e. The van der Waals surface area contributed by atoms with E-state index in [0.29, 0.717) is 0 Å². The van der Waals surface area contributed by atoms with Gasteiger partial charge >= 0.3 is 29.5 Å². The van der Waals surface area contributed by atoms with Crippen LogP contribution in [0.4, 0.5) is 0 Å². The molecule has 1 saturated heterocycles. The van der Waals surface area contributed by atoms with Gasteiger partial charge in [-0.1, -0.05) is 11.8 Å². The third kappa shape index (κ3) is 8.40. The van der Waals surface area contributed by atoms with Crippen LogP contribution < -0.4 is 19.8 Å². The number of fused-ring (bicyclic) bond motifs is 1. The molecule has 5 atom stereocenters. The summed E-state index contributed by atoms with van der Waals surface area (Å²) in [6, 6.07) is 4.34. The van der Waals surface area contributed by atoms with Gasteiger partial charge in [0.1, 0.15) is 36.3 Å². The molecule has 1 aromatic heterocycles. The number of esters is 4. The Labute approximate surface area is 245 Å². The number of ether oxygens (including phenoxy) is 8. The normalized spacial score (nSPS) is 20.7. The van der Waals surface area contributed by atoms with E-state index in [1.807, 2.05) is 0 Å². The van der Waals surface area contributed by atoms with Crippen LogP contribution >= 0.6 is 0 Å². The summed E-state index contributed by atoms with van der Waals surface area (Å²) in [6.07, 6.45) is -2.74. The van der Waals surface area contributed by atoms with Gasteiger partial charge in [-0.2, -0.15) is 0 Å². The van der Waals surface area contributed by atoms with E-state index in [9.17, 15) is 24.0 Å². The van der Waals surface area contributed by atoms with Gasteiger partial charge in [0.15, 0.2) is 18.0 Å². The summed E-state index contributed by atoms with van der Waals surface area (Å²) < 4.78 is 49.4. The molecule has 228 valence electrons. The van der Waals surface area contributed by atoms with Gasteiger partial charge in [-0.25, -0.2) is 4.79 Å². The van der Waals surface area contributed by atoms with Gasteiger partial charge in [0.2, 0.25) is 12.4 Å².